The number of aromatic nitrogens is 1. The van der Waals surface area contributed by atoms with Gasteiger partial charge in [-0.05, 0) is 24.8 Å². The molecule has 0 aliphatic carbocycles. The number of nitrogens with one attached hydrogen (secondary N) is 2. The van der Waals surface area contributed by atoms with Crippen LogP contribution in [0.5, 0.6) is 5.88 Å². The Morgan fingerprint density at radius 2 is 2.19 bits per heavy atom. The Bertz CT molecular complexity index is 613. The highest BCUT2D eigenvalue weighted by Gasteiger charge is 2.41. The third-order valence-corrected chi connectivity index (χ3v) is 4.29. The maximum absolute atomic E-state index is 12.1. The van der Waals surface area contributed by atoms with Crippen LogP contribution in [-0.4, -0.2) is 49.0 Å². The first-order valence-electron chi connectivity index (χ1n) is 8.20. The number of pyridine rings is 1. The Morgan fingerprint density at radius 3 is 2.73 bits per heavy atom. The van der Waals surface area contributed by atoms with Crippen LogP contribution >= 0.6 is 24.0 Å². The summed E-state index contributed by atoms with van der Waals surface area (Å²) in [6.07, 6.45) is 0.893. The second-order valence-electron chi connectivity index (χ2n) is 6.19. The van der Waals surface area contributed by atoms with Crippen LogP contribution in [0.15, 0.2) is 23.3 Å². The molecule has 0 radical (unpaired) electrons. The molecule has 3 atom stereocenters. The van der Waals surface area contributed by atoms with Crippen molar-refractivity contribution in [2.45, 2.75) is 50.2 Å². The number of rotatable bonds is 5. The lowest BCUT2D eigenvalue weighted by Crippen LogP contribution is -2.47. The van der Waals surface area contributed by atoms with Gasteiger partial charge in [-0.15, -0.1) is 24.0 Å². The first-order chi connectivity index (χ1) is 11.9. The molecule has 2 bridgehead atoms. The molecule has 2 saturated heterocycles. The van der Waals surface area contributed by atoms with E-state index in [1.165, 1.54) is 12.3 Å². The zero-order chi connectivity index (χ0) is 17.9. The van der Waals surface area contributed by atoms with E-state index >= 15 is 0 Å². The average molecular weight is 486 g/mol. The topological polar surface area (TPSA) is 67.8 Å². The molecule has 0 aromatic carbocycles. The van der Waals surface area contributed by atoms with Crippen molar-refractivity contribution in [2.24, 2.45) is 4.99 Å². The minimum atomic E-state index is -4.37. The van der Waals surface area contributed by atoms with Crippen molar-refractivity contribution in [2.75, 3.05) is 13.7 Å². The van der Waals surface area contributed by atoms with Crippen molar-refractivity contribution in [3.63, 3.8) is 0 Å². The highest BCUT2D eigenvalue weighted by molar-refractivity contribution is 14.0. The van der Waals surface area contributed by atoms with Gasteiger partial charge in [0.25, 0.3) is 0 Å². The Labute approximate surface area is 167 Å². The molecule has 0 amide bonds. The van der Waals surface area contributed by atoms with Crippen molar-refractivity contribution >= 4 is 29.9 Å². The number of nitrogens with zero attached hydrogens (tertiary/aromatic N) is 2. The van der Waals surface area contributed by atoms with Crippen LogP contribution in [0, 0.1) is 0 Å². The van der Waals surface area contributed by atoms with E-state index in [1.54, 1.807) is 13.1 Å². The minimum absolute atomic E-state index is 0. The number of hydrogen-bond donors (Lipinski definition) is 2. The molecule has 2 aliphatic heterocycles. The molecule has 10 heteroatoms. The summed E-state index contributed by atoms with van der Waals surface area (Å²) in [5, 5.41) is 6.53. The van der Waals surface area contributed by atoms with E-state index in [1.807, 2.05) is 0 Å². The summed E-state index contributed by atoms with van der Waals surface area (Å²) in [7, 11) is 1.69. The molecule has 3 heterocycles. The van der Waals surface area contributed by atoms with Crippen LogP contribution in [0.3, 0.4) is 0 Å². The molecular formula is C16H22F3IN4O2. The van der Waals surface area contributed by atoms with Crippen molar-refractivity contribution in [3.05, 3.63) is 23.9 Å². The van der Waals surface area contributed by atoms with E-state index in [2.05, 4.69) is 25.3 Å². The molecule has 2 fully saturated rings. The van der Waals surface area contributed by atoms with Gasteiger partial charge < -0.3 is 20.1 Å². The molecule has 3 rings (SSSR count). The summed E-state index contributed by atoms with van der Waals surface area (Å²) in [5.41, 5.74) is 0.812. The molecule has 2 aliphatic rings. The summed E-state index contributed by atoms with van der Waals surface area (Å²) in [6, 6.07) is 3.35. The second-order valence-corrected chi connectivity index (χ2v) is 6.19. The van der Waals surface area contributed by atoms with E-state index in [0.717, 1.165) is 24.8 Å². The minimum Gasteiger partial charge on any atom is -0.468 e. The number of alkyl halides is 3. The van der Waals surface area contributed by atoms with Crippen molar-refractivity contribution < 1.29 is 22.6 Å². The van der Waals surface area contributed by atoms with Gasteiger partial charge in [0, 0.05) is 25.9 Å². The molecule has 2 N–H and O–H groups in total. The first kappa shape index (κ1) is 21.0. The summed E-state index contributed by atoms with van der Waals surface area (Å²) >= 11 is 0. The summed E-state index contributed by atoms with van der Waals surface area (Å²) in [5.74, 6) is 0.612. The molecule has 6 nitrogen and oxygen atoms in total. The van der Waals surface area contributed by atoms with E-state index in [4.69, 9.17) is 4.74 Å². The van der Waals surface area contributed by atoms with Gasteiger partial charge in [0.15, 0.2) is 12.6 Å². The van der Waals surface area contributed by atoms with Crippen molar-refractivity contribution in [1.82, 2.24) is 15.6 Å². The Balaban J connectivity index is 0.00000243. The number of hydrogen-bond acceptors (Lipinski definition) is 4. The van der Waals surface area contributed by atoms with Gasteiger partial charge in [0.1, 0.15) is 0 Å². The SMILES string of the molecule is CN=C(NCc1ccc(OCC(F)(F)F)nc1)NC1CC2CCC1O2.I. The fourth-order valence-corrected chi connectivity index (χ4v) is 3.10. The summed E-state index contributed by atoms with van der Waals surface area (Å²) in [6.45, 7) is -0.895. The quantitative estimate of drug-likeness (QED) is 0.381. The van der Waals surface area contributed by atoms with E-state index < -0.39 is 12.8 Å². The summed E-state index contributed by atoms with van der Waals surface area (Å²) < 4.78 is 46.7. The Morgan fingerprint density at radius 1 is 1.38 bits per heavy atom. The standard InChI is InChI=1S/C16H21F3N4O2.HI/c1-20-15(23-12-6-11-3-4-13(12)25-11)22-8-10-2-5-14(21-7-10)24-9-16(17,18)19;/h2,5,7,11-13H,3-4,6,8-9H2,1H3,(H2,20,22,23);1H. The van der Waals surface area contributed by atoms with Crippen LogP contribution in [0.25, 0.3) is 0 Å². The number of ether oxygens (including phenoxy) is 2. The van der Waals surface area contributed by atoms with Gasteiger partial charge in [-0.2, -0.15) is 13.2 Å². The number of fused-ring (bicyclic) bond motifs is 2. The van der Waals surface area contributed by atoms with Gasteiger partial charge in [-0.25, -0.2) is 4.98 Å². The fraction of sp³-hybridized carbons (Fsp3) is 0.625. The molecule has 0 saturated carbocycles. The Kier molecular flexibility index (Phi) is 7.33. The molecule has 26 heavy (non-hydrogen) atoms. The lowest BCUT2D eigenvalue weighted by Gasteiger charge is -2.22. The van der Waals surface area contributed by atoms with E-state index in [-0.39, 0.29) is 42.0 Å². The summed E-state index contributed by atoms with van der Waals surface area (Å²) in [4.78, 5) is 8.07. The van der Waals surface area contributed by atoms with Crippen molar-refractivity contribution in [1.29, 1.82) is 0 Å². The molecule has 1 aromatic rings. The first-order valence-corrected chi connectivity index (χ1v) is 8.20. The van der Waals surface area contributed by atoms with E-state index in [9.17, 15) is 13.2 Å². The lowest BCUT2D eigenvalue weighted by atomic mass is 9.96. The molecule has 3 unspecified atom stereocenters. The zero-order valence-corrected chi connectivity index (χ0v) is 16.6. The van der Waals surface area contributed by atoms with E-state index in [0.29, 0.717) is 18.6 Å². The van der Waals surface area contributed by atoms with Crippen LogP contribution < -0.4 is 15.4 Å². The van der Waals surface area contributed by atoms with Gasteiger partial charge in [-0.3, -0.25) is 4.99 Å². The highest BCUT2D eigenvalue weighted by atomic mass is 127. The number of aliphatic imine (C=N–C) groups is 1. The van der Waals surface area contributed by atoms with Crippen LogP contribution in [0.2, 0.25) is 0 Å². The highest BCUT2D eigenvalue weighted by Crippen LogP contribution is 2.34. The lowest BCUT2D eigenvalue weighted by molar-refractivity contribution is -0.154. The third kappa shape index (κ3) is 5.86. The normalized spacial score (nSPS) is 24.9. The smallest absolute Gasteiger partial charge is 0.422 e. The van der Waals surface area contributed by atoms with Gasteiger partial charge in [0.2, 0.25) is 5.88 Å². The van der Waals surface area contributed by atoms with Crippen LogP contribution in [-0.2, 0) is 11.3 Å². The van der Waals surface area contributed by atoms with Gasteiger partial charge in [0.05, 0.1) is 18.2 Å². The Hall–Kier alpha value is -1.30. The molecule has 146 valence electrons. The zero-order valence-electron chi connectivity index (χ0n) is 14.3. The van der Waals surface area contributed by atoms with Crippen LogP contribution in [0.4, 0.5) is 13.2 Å². The van der Waals surface area contributed by atoms with Crippen LogP contribution in [0.1, 0.15) is 24.8 Å². The van der Waals surface area contributed by atoms with Gasteiger partial charge in [-0.1, -0.05) is 6.07 Å². The predicted molar refractivity (Wildman–Crippen MR) is 101 cm³/mol. The molecule has 0 spiro atoms. The number of halogens is 4. The fourth-order valence-electron chi connectivity index (χ4n) is 3.10. The molecule has 1 aromatic heterocycles. The second kappa shape index (κ2) is 9.07. The maximum atomic E-state index is 12.1. The van der Waals surface area contributed by atoms with Gasteiger partial charge >= 0.3 is 6.18 Å². The third-order valence-electron chi connectivity index (χ3n) is 4.29. The monoisotopic (exact) mass is 486 g/mol. The maximum Gasteiger partial charge on any atom is 0.422 e. The largest absolute Gasteiger partial charge is 0.468 e. The average Bonchev–Trinajstić information content (AvgIpc) is 3.20. The molecular weight excluding hydrogens is 464 g/mol. The van der Waals surface area contributed by atoms with Crippen molar-refractivity contribution in [3.8, 4) is 5.88 Å². The predicted octanol–water partition coefficient (Wildman–Crippen LogP) is 2.63. The number of guanidine groups is 1.